The van der Waals surface area contributed by atoms with Crippen molar-refractivity contribution >= 4 is 9.84 Å². The van der Waals surface area contributed by atoms with Crippen LogP contribution in [0, 0.1) is 0 Å². The molecule has 22 heavy (non-hydrogen) atoms. The molecule has 1 aromatic carbocycles. The molecule has 0 aliphatic rings. The van der Waals surface area contributed by atoms with Gasteiger partial charge in [0.15, 0.2) is 9.84 Å². The number of aliphatic hydroxyl groups excluding tert-OH is 2. The number of hydrogen-bond donors (Lipinski definition) is 2. The third kappa shape index (κ3) is 5.38. The largest absolute Gasteiger partial charge is 0.390 e. The second kappa shape index (κ2) is 8.65. The molecule has 126 valence electrons. The second-order valence-corrected chi connectivity index (χ2v) is 8.06. The number of hydrogen-bond acceptors (Lipinski definition) is 4. The Kier molecular flexibility index (Phi) is 7.53. The van der Waals surface area contributed by atoms with E-state index in [0.717, 1.165) is 12.0 Å². The molecule has 1 aromatic rings. The summed E-state index contributed by atoms with van der Waals surface area (Å²) in [5.41, 5.74) is 0.971. The summed E-state index contributed by atoms with van der Waals surface area (Å²) >= 11 is 0. The maximum absolute atomic E-state index is 12.0. The zero-order valence-electron chi connectivity index (χ0n) is 13.7. The van der Waals surface area contributed by atoms with Crippen molar-refractivity contribution in [2.75, 3.05) is 5.75 Å². The van der Waals surface area contributed by atoms with E-state index in [1.165, 1.54) is 0 Å². The molecular weight excluding hydrogens is 300 g/mol. The summed E-state index contributed by atoms with van der Waals surface area (Å²) in [5.74, 6) is 0.216. The van der Waals surface area contributed by atoms with E-state index < -0.39 is 22.0 Å². The summed E-state index contributed by atoms with van der Waals surface area (Å²) in [6.07, 6.45) is 1.03. The van der Waals surface area contributed by atoms with Gasteiger partial charge in [-0.1, -0.05) is 39.3 Å². The molecule has 1 rings (SSSR count). The molecule has 0 spiro atoms. The smallest absolute Gasteiger partial charge is 0.178 e. The van der Waals surface area contributed by atoms with Gasteiger partial charge in [0.05, 0.1) is 22.9 Å². The number of sulfone groups is 1. The SMILES string of the molecule is CCCC(O)C(O)CC(C)c1ccc(S(=O)(=O)CCC)cc1. The molecule has 0 radical (unpaired) electrons. The van der Waals surface area contributed by atoms with Gasteiger partial charge >= 0.3 is 0 Å². The van der Waals surface area contributed by atoms with Gasteiger partial charge in [-0.15, -0.1) is 0 Å². The topological polar surface area (TPSA) is 74.6 Å². The van der Waals surface area contributed by atoms with Gasteiger partial charge in [-0.25, -0.2) is 8.42 Å². The van der Waals surface area contributed by atoms with Crippen LogP contribution in [0.4, 0.5) is 0 Å². The molecule has 0 bridgehead atoms. The first kappa shape index (κ1) is 19.1. The van der Waals surface area contributed by atoms with Crippen molar-refractivity contribution in [3.63, 3.8) is 0 Å². The van der Waals surface area contributed by atoms with Gasteiger partial charge in [-0.05, 0) is 42.9 Å². The summed E-state index contributed by atoms with van der Waals surface area (Å²) in [4.78, 5) is 0.344. The second-order valence-electron chi connectivity index (χ2n) is 5.95. The van der Waals surface area contributed by atoms with Crippen LogP contribution in [-0.2, 0) is 9.84 Å². The zero-order valence-corrected chi connectivity index (χ0v) is 14.5. The summed E-state index contributed by atoms with van der Waals surface area (Å²) in [6.45, 7) is 5.78. The number of aliphatic hydroxyl groups is 2. The Bertz CT molecular complexity index is 536. The van der Waals surface area contributed by atoms with Crippen LogP contribution < -0.4 is 0 Å². The van der Waals surface area contributed by atoms with Gasteiger partial charge in [0.1, 0.15) is 0 Å². The molecule has 0 saturated carbocycles. The molecule has 3 unspecified atom stereocenters. The fourth-order valence-electron chi connectivity index (χ4n) is 2.53. The number of rotatable bonds is 9. The van der Waals surface area contributed by atoms with Crippen molar-refractivity contribution < 1.29 is 18.6 Å². The van der Waals surface area contributed by atoms with E-state index in [0.29, 0.717) is 24.2 Å². The van der Waals surface area contributed by atoms with Crippen LogP contribution in [0.3, 0.4) is 0 Å². The Morgan fingerprint density at radius 1 is 1.00 bits per heavy atom. The Labute approximate surface area is 134 Å². The fourth-order valence-corrected chi connectivity index (χ4v) is 3.86. The summed E-state index contributed by atoms with van der Waals surface area (Å²) in [6, 6.07) is 6.86. The van der Waals surface area contributed by atoms with Crippen LogP contribution in [0.1, 0.15) is 57.9 Å². The first-order chi connectivity index (χ1) is 10.3. The molecule has 0 saturated heterocycles. The Morgan fingerprint density at radius 2 is 1.59 bits per heavy atom. The standard InChI is InChI=1S/C17H28O4S/c1-4-6-16(18)17(19)12-13(3)14-7-9-15(10-8-14)22(20,21)11-5-2/h7-10,13,16-19H,4-6,11-12H2,1-3H3. The maximum atomic E-state index is 12.0. The Balaban J connectivity index is 2.74. The van der Waals surface area contributed by atoms with Crippen molar-refractivity contribution in [3.8, 4) is 0 Å². The van der Waals surface area contributed by atoms with Gasteiger partial charge in [0.25, 0.3) is 0 Å². The average molecular weight is 328 g/mol. The van der Waals surface area contributed by atoms with Crippen LogP contribution in [0.5, 0.6) is 0 Å². The molecule has 0 fully saturated rings. The van der Waals surface area contributed by atoms with E-state index in [4.69, 9.17) is 0 Å². The Morgan fingerprint density at radius 3 is 2.09 bits per heavy atom. The van der Waals surface area contributed by atoms with Crippen LogP contribution >= 0.6 is 0 Å². The molecule has 5 heteroatoms. The van der Waals surface area contributed by atoms with Crippen molar-refractivity contribution in [2.45, 2.75) is 69.5 Å². The lowest BCUT2D eigenvalue weighted by molar-refractivity contribution is 0.00637. The van der Waals surface area contributed by atoms with Gasteiger partial charge in [-0.3, -0.25) is 0 Å². The van der Waals surface area contributed by atoms with E-state index >= 15 is 0 Å². The molecule has 0 heterocycles. The first-order valence-electron chi connectivity index (χ1n) is 8.00. The van der Waals surface area contributed by atoms with Crippen molar-refractivity contribution in [2.24, 2.45) is 0 Å². The number of benzene rings is 1. The highest BCUT2D eigenvalue weighted by atomic mass is 32.2. The lowest BCUT2D eigenvalue weighted by atomic mass is 9.92. The molecule has 0 aromatic heterocycles. The van der Waals surface area contributed by atoms with Crippen molar-refractivity contribution in [1.29, 1.82) is 0 Å². The lowest BCUT2D eigenvalue weighted by Gasteiger charge is -2.21. The molecular formula is C17H28O4S. The predicted molar refractivity (Wildman–Crippen MR) is 88.7 cm³/mol. The van der Waals surface area contributed by atoms with Crippen LogP contribution in [-0.4, -0.2) is 36.6 Å². The van der Waals surface area contributed by atoms with E-state index in [1.807, 2.05) is 20.8 Å². The molecule has 0 aliphatic carbocycles. The minimum atomic E-state index is -3.19. The van der Waals surface area contributed by atoms with Crippen molar-refractivity contribution in [3.05, 3.63) is 29.8 Å². The lowest BCUT2D eigenvalue weighted by Crippen LogP contribution is -2.27. The highest BCUT2D eigenvalue weighted by Gasteiger charge is 2.20. The summed E-state index contributed by atoms with van der Waals surface area (Å²) < 4.78 is 24.0. The van der Waals surface area contributed by atoms with E-state index in [-0.39, 0.29) is 11.7 Å². The van der Waals surface area contributed by atoms with Crippen LogP contribution in [0.15, 0.2) is 29.2 Å². The molecule has 2 N–H and O–H groups in total. The maximum Gasteiger partial charge on any atom is 0.178 e. The van der Waals surface area contributed by atoms with Gasteiger partial charge in [-0.2, -0.15) is 0 Å². The molecule has 3 atom stereocenters. The average Bonchev–Trinajstić information content (AvgIpc) is 2.47. The normalized spacial score (nSPS) is 16.2. The third-order valence-corrected chi connectivity index (χ3v) is 5.84. The first-order valence-corrected chi connectivity index (χ1v) is 9.65. The van der Waals surface area contributed by atoms with Crippen LogP contribution in [0.2, 0.25) is 0 Å². The highest BCUT2D eigenvalue weighted by Crippen LogP contribution is 2.24. The predicted octanol–water partition coefficient (Wildman–Crippen LogP) is 2.89. The fraction of sp³-hybridized carbons (Fsp3) is 0.647. The van der Waals surface area contributed by atoms with Gasteiger partial charge in [0.2, 0.25) is 0 Å². The van der Waals surface area contributed by atoms with Gasteiger partial charge < -0.3 is 10.2 Å². The molecule has 0 aliphatic heterocycles. The Hall–Kier alpha value is -0.910. The van der Waals surface area contributed by atoms with Gasteiger partial charge in [0, 0.05) is 0 Å². The summed E-state index contributed by atoms with van der Waals surface area (Å²) in [7, 11) is -3.19. The minimum Gasteiger partial charge on any atom is -0.390 e. The quantitative estimate of drug-likeness (QED) is 0.731. The molecule has 0 amide bonds. The van der Waals surface area contributed by atoms with E-state index in [2.05, 4.69) is 0 Å². The van der Waals surface area contributed by atoms with E-state index in [9.17, 15) is 18.6 Å². The minimum absolute atomic E-state index is 0.0597. The third-order valence-electron chi connectivity index (χ3n) is 3.90. The molecule has 4 nitrogen and oxygen atoms in total. The van der Waals surface area contributed by atoms with Crippen LogP contribution in [0.25, 0.3) is 0 Å². The zero-order chi connectivity index (χ0) is 16.8. The van der Waals surface area contributed by atoms with Crippen molar-refractivity contribution in [1.82, 2.24) is 0 Å². The monoisotopic (exact) mass is 328 g/mol. The highest BCUT2D eigenvalue weighted by molar-refractivity contribution is 7.91. The van der Waals surface area contributed by atoms with E-state index in [1.54, 1.807) is 24.3 Å². The summed E-state index contributed by atoms with van der Waals surface area (Å²) in [5, 5.41) is 19.8.